The summed E-state index contributed by atoms with van der Waals surface area (Å²) in [6.07, 6.45) is 0. The zero-order valence-corrected chi connectivity index (χ0v) is 9.48. The van der Waals surface area contributed by atoms with Crippen LogP contribution in [0.4, 0.5) is 0 Å². The lowest BCUT2D eigenvalue weighted by Gasteiger charge is -2.00. The van der Waals surface area contributed by atoms with Crippen molar-refractivity contribution in [3.63, 3.8) is 0 Å². The predicted octanol–water partition coefficient (Wildman–Crippen LogP) is 2.55. The summed E-state index contributed by atoms with van der Waals surface area (Å²) < 4.78 is 2.03. The fourth-order valence-corrected chi connectivity index (χ4v) is 2.02. The molecule has 0 atom stereocenters. The first-order valence-electron chi connectivity index (χ1n) is 4.48. The second kappa shape index (κ2) is 2.95. The van der Waals surface area contributed by atoms with Gasteiger partial charge in [-0.3, -0.25) is 0 Å². The maximum atomic E-state index is 6.08. The quantitative estimate of drug-likeness (QED) is 0.625. The number of hydrogen-bond donors (Lipinski definition) is 0. The molecule has 0 aromatic carbocycles. The Balaban J connectivity index is 3.02. The van der Waals surface area contributed by atoms with E-state index in [4.69, 9.17) is 11.6 Å². The first kappa shape index (κ1) is 9.46. The van der Waals surface area contributed by atoms with Gasteiger partial charge in [0.05, 0.1) is 5.52 Å². The van der Waals surface area contributed by atoms with Crippen LogP contribution in [-0.2, 0) is 7.05 Å². The van der Waals surface area contributed by atoms with Crippen LogP contribution in [0.3, 0.4) is 0 Å². The van der Waals surface area contributed by atoms with Crippen molar-refractivity contribution in [1.82, 2.24) is 14.5 Å². The molecular formula is C10H12ClN3. The second-order valence-electron chi connectivity index (χ2n) is 3.53. The average molecular weight is 210 g/mol. The highest BCUT2D eigenvalue weighted by Gasteiger charge is 2.13. The van der Waals surface area contributed by atoms with E-state index >= 15 is 0 Å². The van der Waals surface area contributed by atoms with Gasteiger partial charge in [-0.05, 0) is 26.3 Å². The molecule has 74 valence electrons. The SMILES string of the molecule is Cc1nc(Cl)c2c(n1)c(C)c(C)n2C. The monoisotopic (exact) mass is 209 g/mol. The molecule has 0 saturated carbocycles. The van der Waals surface area contributed by atoms with Gasteiger partial charge in [-0.25, -0.2) is 9.97 Å². The number of nitrogens with zero attached hydrogens (tertiary/aromatic N) is 3. The molecule has 2 aromatic rings. The highest BCUT2D eigenvalue weighted by molar-refractivity contribution is 6.33. The number of aromatic nitrogens is 3. The molecule has 0 unspecified atom stereocenters. The smallest absolute Gasteiger partial charge is 0.157 e. The predicted molar refractivity (Wildman–Crippen MR) is 57.7 cm³/mol. The Morgan fingerprint density at radius 3 is 2.43 bits per heavy atom. The minimum Gasteiger partial charge on any atom is -0.344 e. The van der Waals surface area contributed by atoms with E-state index in [1.165, 1.54) is 11.3 Å². The molecule has 0 N–H and O–H groups in total. The maximum absolute atomic E-state index is 6.08. The Bertz CT molecular complexity index is 514. The molecule has 4 heteroatoms. The molecule has 3 nitrogen and oxygen atoms in total. The highest BCUT2D eigenvalue weighted by atomic mass is 35.5. The van der Waals surface area contributed by atoms with Crippen molar-refractivity contribution >= 4 is 22.6 Å². The van der Waals surface area contributed by atoms with Crippen molar-refractivity contribution in [3.8, 4) is 0 Å². The zero-order valence-electron chi connectivity index (χ0n) is 8.72. The minimum atomic E-state index is 0.534. The minimum absolute atomic E-state index is 0.534. The topological polar surface area (TPSA) is 30.7 Å². The fraction of sp³-hybridized carbons (Fsp3) is 0.400. The molecule has 0 aliphatic rings. The van der Waals surface area contributed by atoms with Crippen molar-refractivity contribution in [2.24, 2.45) is 7.05 Å². The van der Waals surface area contributed by atoms with E-state index in [9.17, 15) is 0 Å². The molecule has 0 bridgehead atoms. The van der Waals surface area contributed by atoms with Crippen LogP contribution in [0.15, 0.2) is 0 Å². The summed E-state index contributed by atoms with van der Waals surface area (Å²) in [7, 11) is 1.98. The van der Waals surface area contributed by atoms with Crippen molar-refractivity contribution < 1.29 is 0 Å². The number of rotatable bonds is 0. The van der Waals surface area contributed by atoms with E-state index in [0.717, 1.165) is 16.9 Å². The van der Waals surface area contributed by atoms with E-state index in [2.05, 4.69) is 23.8 Å². The normalized spacial score (nSPS) is 11.2. The molecule has 14 heavy (non-hydrogen) atoms. The van der Waals surface area contributed by atoms with E-state index in [0.29, 0.717) is 5.15 Å². The van der Waals surface area contributed by atoms with Crippen LogP contribution in [0.1, 0.15) is 17.1 Å². The maximum Gasteiger partial charge on any atom is 0.157 e. The van der Waals surface area contributed by atoms with Crippen LogP contribution in [0, 0.1) is 20.8 Å². The van der Waals surface area contributed by atoms with Gasteiger partial charge in [-0.15, -0.1) is 0 Å². The molecule has 2 rings (SSSR count). The number of hydrogen-bond acceptors (Lipinski definition) is 2. The first-order chi connectivity index (χ1) is 6.52. The van der Waals surface area contributed by atoms with Gasteiger partial charge in [0, 0.05) is 12.7 Å². The second-order valence-corrected chi connectivity index (χ2v) is 3.89. The van der Waals surface area contributed by atoms with Gasteiger partial charge >= 0.3 is 0 Å². The Morgan fingerprint density at radius 2 is 1.79 bits per heavy atom. The van der Waals surface area contributed by atoms with Crippen molar-refractivity contribution in [1.29, 1.82) is 0 Å². The summed E-state index contributed by atoms with van der Waals surface area (Å²) in [5, 5.41) is 0.534. The molecule has 0 aliphatic heterocycles. The molecule has 0 radical (unpaired) electrons. The largest absolute Gasteiger partial charge is 0.344 e. The van der Waals surface area contributed by atoms with Gasteiger partial charge in [0.15, 0.2) is 5.15 Å². The van der Waals surface area contributed by atoms with Crippen LogP contribution < -0.4 is 0 Å². The third kappa shape index (κ3) is 1.12. The highest BCUT2D eigenvalue weighted by Crippen LogP contribution is 2.26. The Kier molecular flexibility index (Phi) is 2.00. The summed E-state index contributed by atoms with van der Waals surface area (Å²) in [6.45, 7) is 5.97. The average Bonchev–Trinajstić information content (AvgIpc) is 2.31. The van der Waals surface area contributed by atoms with Gasteiger partial charge in [0.2, 0.25) is 0 Å². The first-order valence-corrected chi connectivity index (χ1v) is 4.86. The standard InChI is InChI=1S/C10H12ClN3/c1-5-6(2)14(4)9-8(5)12-7(3)13-10(9)11/h1-4H3. The van der Waals surface area contributed by atoms with Crippen LogP contribution in [0.2, 0.25) is 5.15 Å². The molecule has 0 spiro atoms. The lowest BCUT2D eigenvalue weighted by molar-refractivity contribution is 0.906. The Hall–Kier alpha value is -1.09. The van der Waals surface area contributed by atoms with Gasteiger partial charge in [-0.2, -0.15) is 0 Å². The van der Waals surface area contributed by atoms with E-state index in [1.807, 2.05) is 18.5 Å². The Labute approximate surface area is 87.7 Å². The molecular weight excluding hydrogens is 198 g/mol. The lowest BCUT2D eigenvalue weighted by atomic mass is 10.2. The van der Waals surface area contributed by atoms with Crippen molar-refractivity contribution in [2.75, 3.05) is 0 Å². The van der Waals surface area contributed by atoms with Gasteiger partial charge in [0.25, 0.3) is 0 Å². The summed E-state index contributed by atoms with van der Waals surface area (Å²) in [5.74, 6) is 0.719. The lowest BCUT2D eigenvalue weighted by Crippen LogP contribution is -1.94. The summed E-state index contributed by atoms with van der Waals surface area (Å²) >= 11 is 6.08. The molecule has 2 heterocycles. The van der Waals surface area contributed by atoms with Gasteiger partial charge in [0.1, 0.15) is 11.3 Å². The fourth-order valence-electron chi connectivity index (χ4n) is 1.68. The van der Waals surface area contributed by atoms with Crippen molar-refractivity contribution in [3.05, 3.63) is 22.2 Å². The molecule has 0 saturated heterocycles. The third-order valence-electron chi connectivity index (χ3n) is 2.69. The van der Waals surface area contributed by atoms with E-state index in [-0.39, 0.29) is 0 Å². The number of halogens is 1. The zero-order chi connectivity index (χ0) is 10.5. The third-order valence-corrected chi connectivity index (χ3v) is 2.95. The van der Waals surface area contributed by atoms with Gasteiger partial charge in [-0.1, -0.05) is 11.6 Å². The summed E-state index contributed by atoms with van der Waals surface area (Å²) in [5.41, 5.74) is 4.24. The van der Waals surface area contributed by atoms with E-state index < -0.39 is 0 Å². The van der Waals surface area contributed by atoms with Crippen LogP contribution in [0.5, 0.6) is 0 Å². The molecule has 0 amide bonds. The Morgan fingerprint density at radius 1 is 1.14 bits per heavy atom. The number of fused-ring (bicyclic) bond motifs is 1. The molecule has 2 aromatic heterocycles. The molecule has 0 aliphatic carbocycles. The van der Waals surface area contributed by atoms with Crippen LogP contribution >= 0.6 is 11.6 Å². The van der Waals surface area contributed by atoms with E-state index in [1.54, 1.807) is 0 Å². The van der Waals surface area contributed by atoms with Crippen LogP contribution in [-0.4, -0.2) is 14.5 Å². The molecule has 0 fully saturated rings. The summed E-state index contributed by atoms with van der Waals surface area (Å²) in [4.78, 5) is 8.55. The summed E-state index contributed by atoms with van der Waals surface area (Å²) in [6, 6.07) is 0. The van der Waals surface area contributed by atoms with Crippen LogP contribution in [0.25, 0.3) is 11.0 Å². The number of aryl methyl sites for hydroxylation is 3. The van der Waals surface area contributed by atoms with Crippen molar-refractivity contribution in [2.45, 2.75) is 20.8 Å². The van der Waals surface area contributed by atoms with Gasteiger partial charge < -0.3 is 4.57 Å².